The van der Waals surface area contributed by atoms with Crippen LogP contribution in [0.25, 0.3) is 0 Å². The lowest BCUT2D eigenvalue weighted by Crippen LogP contribution is -2.17. The van der Waals surface area contributed by atoms with Crippen LogP contribution in [-0.2, 0) is 14.3 Å². The molecule has 0 N–H and O–H groups in total. The topological polar surface area (TPSA) is 35.5 Å². The van der Waals surface area contributed by atoms with Crippen molar-refractivity contribution in [3.8, 4) is 0 Å². The molecular weight excluding hydrogens is 192 g/mol. The summed E-state index contributed by atoms with van der Waals surface area (Å²) in [6.45, 7) is 4.93. The van der Waals surface area contributed by atoms with Crippen LogP contribution in [0.5, 0.6) is 0 Å². The van der Waals surface area contributed by atoms with Gasteiger partial charge in [0.2, 0.25) is 0 Å². The number of ether oxygens (including phenoxy) is 2. The number of carbonyl (C=O) groups is 1. The first-order chi connectivity index (χ1) is 7.27. The summed E-state index contributed by atoms with van der Waals surface area (Å²) >= 11 is 0. The molecule has 0 fully saturated rings. The highest BCUT2D eigenvalue weighted by atomic mass is 16.5. The molecule has 1 unspecified atom stereocenters. The monoisotopic (exact) mass is 212 g/mol. The summed E-state index contributed by atoms with van der Waals surface area (Å²) in [5.41, 5.74) is 0. The first-order valence-electron chi connectivity index (χ1n) is 5.76. The van der Waals surface area contributed by atoms with Gasteiger partial charge in [0, 0.05) is 5.92 Å². The normalized spacial score (nSPS) is 20.7. The molecule has 3 heteroatoms. The van der Waals surface area contributed by atoms with Gasteiger partial charge < -0.3 is 9.47 Å². The Morgan fingerprint density at radius 3 is 2.93 bits per heavy atom. The summed E-state index contributed by atoms with van der Waals surface area (Å²) in [6, 6.07) is 0. The maximum atomic E-state index is 11.4. The van der Waals surface area contributed by atoms with Gasteiger partial charge in [-0.25, -0.2) is 0 Å². The van der Waals surface area contributed by atoms with Crippen molar-refractivity contribution < 1.29 is 14.3 Å². The summed E-state index contributed by atoms with van der Waals surface area (Å²) in [5, 5.41) is 0. The fourth-order valence-corrected chi connectivity index (χ4v) is 1.88. The largest absolute Gasteiger partial charge is 0.498 e. The number of allylic oxidation sites excluding steroid dienone is 2. The molecule has 0 radical (unpaired) electrons. The Morgan fingerprint density at radius 2 is 2.27 bits per heavy atom. The minimum absolute atomic E-state index is 0.116. The predicted molar refractivity (Wildman–Crippen MR) is 58.3 cm³/mol. The van der Waals surface area contributed by atoms with Crippen molar-refractivity contribution in [3.05, 3.63) is 11.8 Å². The SMILES string of the molecule is CCOC(=O)CC1CCCC=C1OCC. The Kier molecular flexibility index (Phi) is 5.22. The van der Waals surface area contributed by atoms with Crippen LogP contribution >= 0.6 is 0 Å². The van der Waals surface area contributed by atoms with E-state index in [-0.39, 0.29) is 11.9 Å². The molecule has 0 amide bonds. The van der Waals surface area contributed by atoms with Crippen LogP contribution in [0.1, 0.15) is 39.5 Å². The molecule has 0 spiro atoms. The number of hydrogen-bond acceptors (Lipinski definition) is 3. The maximum Gasteiger partial charge on any atom is 0.306 e. The molecule has 86 valence electrons. The van der Waals surface area contributed by atoms with Gasteiger partial charge in [-0.1, -0.05) is 0 Å². The minimum atomic E-state index is -0.116. The second kappa shape index (κ2) is 6.49. The molecule has 0 bridgehead atoms. The Morgan fingerprint density at radius 1 is 1.47 bits per heavy atom. The Balaban J connectivity index is 2.47. The highest BCUT2D eigenvalue weighted by molar-refractivity contribution is 5.70. The van der Waals surface area contributed by atoms with E-state index in [1.807, 2.05) is 13.8 Å². The van der Waals surface area contributed by atoms with E-state index in [9.17, 15) is 4.79 Å². The Bertz CT molecular complexity index is 233. The summed E-state index contributed by atoms with van der Waals surface area (Å²) in [7, 11) is 0. The number of esters is 1. The van der Waals surface area contributed by atoms with E-state index in [2.05, 4.69) is 6.08 Å². The van der Waals surface area contributed by atoms with Gasteiger partial charge in [0.25, 0.3) is 0 Å². The lowest BCUT2D eigenvalue weighted by Gasteiger charge is -2.23. The van der Waals surface area contributed by atoms with Gasteiger partial charge in [-0.15, -0.1) is 0 Å². The fraction of sp³-hybridized carbons (Fsp3) is 0.750. The second-order valence-electron chi connectivity index (χ2n) is 3.68. The van der Waals surface area contributed by atoms with E-state index in [1.165, 1.54) is 0 Å². The van der Waals surface area contributed by atoms with Gasteiger partial charge in [0.1, 0.15) is 0 Å². The van der Waals surface area contributed by atoms with Crippen molar-refractivity contribution in [2.45, 2.75) is 39.5 Å². The lowest BCUT2D eigenvalue weighted by molar-refractivity contribution is -0.144. The molecule has 1 aliphatic rings. The van der Waals surface area contributed by atoms with E-state index in [4.69, 9.17) is 9.47 Å². The quantitative estimate of drug-likeness (QED) is 0.657. The molecule has 0 heterocycles. The summed E-state index contributed by atoms with van der Waals surface area (Å²) in [4.78, 5) is 11.4. The average Bonchev–Trinajstić information content (AvgIpc) is 2.21. The van der Waals surface area contributed by atoms with Crippen molar-refractivity contribution in [1.29, 1.82) is 0 Å². The summed E-state index contributed by atoms with van der Waals surface area (Å²) < 4.78 is 10.5. The lowest BCUT2D eigenvalue weighted by atomic mass is 9.91. The third kappa shape index (κ3) is 3.94. The van der Waals surface area contributed by atoms with Crippen molar-refractivity contribution >= 4 is 5.97 Å². The zero-order valence-corrected chi connectivity index (χ0v) is 9.62. The van der Waals surface area contributed by atoms with Gasteiger partial charge >= 0.3 is 5.97 Å². The smallest absolute Gasteiger partial charge is 0.306 e. The molecule has 0 aromatic rings. The van der Waals surface area contributed by atoms with Crippen LogP contribution in [0, 0.1) is 5.92 Å². The van der Waals surface area contributed by atoms with Crippen LogP contribution in [0.3, 0.4) is 0 Å². The molecule has 0 saturated heterocycles. The number of rotatable bonds is 5. The Hall–Kier alpha value is -0.990. The van der Waals surface area contributed by atoms with Crippen molar-refractivity contribution in [3.63, 3.8) is 0 Å². The zero-order valence-electron chi connectivity index (χ0n) is 9.62. The number of hydrogen-bond donors (Lipinski definition) is 0. The minimum Gasteiger partial charge on any atom is -0.498 e. The van der Waals surface area contributed by atoms with Gasteiger partial charge in [-0.3, -0.25) is 4.79 Å². The van der Waals surface area contributed by atoms with Crippen LogP contribution < -0.4 is 0 Å². The van der Waals surface area contributed by atoms with E-state index in [0.717, 1.165) is 25.0 Å². The second-order valence-corrected chi connectivity index (χ2v) is 3.68. The molecule has 0 saturated carbocycles. The van der Waals surface area contributed by atoms with Crippen LogP contribution in [0.4, 0.5) is 0 Å². The predicted octanol–water partition coefficient (Wildman–Crippen LogP) is 2.66. The van der Waals surface area contributed by atoms with Gasteiger partial charge in [-0.05, 0) is 39.2 Å². The molecule has 3 nitrogen and oxygen atoms in total. The van der Waals surface area contributed by atoms with E-state index >= 15 is 0 Å². The standard InChI is InChI=1S/C12H20O3/c1-3-14-11-8-6-5-7-10(11)9-12(13)15-4-2/h8,10H,3-7,9H2,1-2H3. The zero-order chi connectivity index (χ0) is 11.1. The third-order valence-electron chi connectivity index (χ3n) is 2.53. The van der Waals surface area contributed by atoms with E-state index in [1.54, 1.807) is 0 Å². The molecule has 0 aliphatic heterocycles. The van der Waals surface area contributed by atoms with Gasteiger partial charge in [0.05, 0.1) is 25.4 Å². The molecule has 1 aliphatic carbocycles. The van der Waals surface area contributed by atoms with E-state index in [0.29, 0.717) is 19.6 Å². The van der Waals surface area contributed by atoms with Crippen LogP contribution in [-0.4, -0.2) is 19.2 Å². The first-order valence-corrected chi connectivity index (χ1v) is 5.76. The first kappa shape index (κ1) is 12.1. The summed E-state index contributed by atoms with van der Waals surface area (Å²) in [6.07, 6.45) is 5.80. The molecule has 0 aromatic heterocycles. The highest BCUT2D eigenvalue weighted by Crippen LogP contribution is 2.28. The molecule has 15 heavy (non-hydrogen) atoms. The van der Waals surface area contributed by atoms with Crippen LogP contribution in [0.15, 0.2) is 11.8 Å². The number of carbonyl (C=O) groups excluding carboxylic acids is 1. The molecular formula is C12H20O3. The van der Waals surface area contributed by atoms with E-state index < -0.39 is 0 Å². The molecule has 1 rings (SSSR count). The van der Waals surface area contributed by atoms with Crippen molar-refractivity contribution in [2.75, 3.05) is 13.2 Å². The van der Waals surface area contributed by atoms with Gasteiger partial charge in [0.15, 0.2) is 0 Å². The van der Waals surface area contributed by atoms with Gasteiger partial charge in [-0.2, -0.15) is 0 Å². The third-order valence-corrected chi connectivity index (χ3v) is 2.53. The van der Waals surface area contributed by atoms with Crippen LogP contribution in [0.2, 0.25) is 0 Å². The fourth-order valence-electron chi connectivity index (χ4n) is 1.88. The molecule has 0 aromatic carbocycles. The van der Waals surface area contributed by atoms with Crippen molar-refractivity contribution in [2.24, 2.45) is 5.92 Å². The highest BCUT2D eigenvalue weighted by Gasteiger charge is 2.22. The summed E-state index contributed by atoms with van der Waals surface area (Å²) in [5.74, 6) is 1.10. The average molecular weight is 212 g/mol. The van der Waals surface area contributed by atoms with Crippen molar-refractivity contribution in [1.82, 2.24) is 0 Å². The molecule has 1 atom stereocenters. The Labute approximate surface area is 91.4 Å². The maximum absolute atomic E-state index is 11.4.